The van der Waals surface area contributed by atoms with Gasteiger partial charge in [-0.05, 0) is 44.9 Å². The number of rotatable bonds is 10. The van der Waals surface area contributed by atoms with Gasteiger partial charge in [0.1, 0.15) is 5.75 Å². The van der Waals surface area contributed by atoms with E-state index in [2.05, 4.69) is 4.90 Å². The van der Waals surface area contributed by atoms with E-state index < -0.39 is 10.1 Å². The number of ether oxygens (including phenoxy) is 1. The van der Waals surface area contributed by atoms with Crippen LogP contribution in [0.3, 0.4) is 0 Å². The molecule has 2 aromatic carbocycles. The first-order valence-electron chi connectivity index (χ1n) is 11.1. The normalized spacial score (nSPS) is 15.9. The van der Waals surface area contributed by atoms with Crippen molar-refractivity contribution >= 4 is 33.3 Å². The molecule has 0 spiro atoms. The zero-order chi connectivity index (χ0) is 24.0. The van der Waals surface area contributed by atoms with E-state index in [1.54, 1.807) is 35.2 Å². The van der Waals surface area contributed by atoms with Crippen LogP contribution in [0.2, 0.25) is 5.02 Å². The standard InChI is InChI=1S/C24H31ClN2O5S/c1-4-26(5-2)19-13-12-18(23(15-19)32-33(3,29)30)16-27(17-20-9-8-14-31-20)24(28)21-10-6-7-11-22(21)25/h6-7,10-13,15,20H,4-5,8-9,14,16-17H2,1-3H3. The van der Waals surface area contributed by atoms with E-state index in [-0.39, 0.29) is 24.3 Å². The molecule has 0 aromatic heterocycles. The Balaban J connectivity index is 1.97. The topological polar surface area (TPSA) is 76.2 Å². The predicted molar refractivity (Wildman–Crippen MR) is 131 cm³/mol. The van der Waals surface area contributed by atoms with E-state index in [1.165, 1.54) is 0 Å². The second-order valence-electron chi connectivity index (χ2n) is 8.05. The minimum Gasteiger partial charge on any atom is -0.382 e. The van der Waals surface area contributed by atoms with Crippen LogP contribution in [0.15, 0.2) is 42.5 Å². The molecule has 0 aliphatic carbocycles. The van der Waals surface area contributed by atoms with Gasteiger partial charge in [0.05, 0.1) is 22.9 Å². The summed E-state index contributed by atoms with van der Waals surface area (Å²) in [4.78, 5) is 17.2. The first-order chi connectivity index (χ1) is 15.7. The summed E-state index contributed by atoms with van der Waals surface area (Å²) >= 11 is 6.30. The number of carbonyl (C=O) groups is 1. The number of carbonyl (C=O) groups excluding carboxylic acids is 1. The molecule has 33 heavy (non-hydrogen) atoms. The molecule has 0 N–H and O–H groups in total. The van der Waals surface area contributed by atoms with Gasteiger partial charge in [0, 0.05) is 50.1 Å². The lowest BCUT2D eigenvalue weighted by Gasteiger charge is -2.28. The number of nitrogens with zero attached hydrogens (tertiary/aromatic N) is 2. The Kier molecular flexibility index (Phi) is 8.62. The van der Waals surface area contributed by atoms with E-state index >= 15 is 0 Å². The van der Waals surface area contributed by atoms with Crippen molar-refractivity contribution in [2.75, 3.05) is 37.4 Å². The van der Waals surface area contributed by atoms with Crippen LogP contribution in [0.5, 0.6) is 5.75 Å². The van der Waals surface area contributed by atoms with Gasteiger partial charge in [0.25, 0.3) is 5.91 Å². The number of hydrogen-bond acceptors (Lipinski definition) is 6. The Morgan fingerprint density at radius 1 is 1.18 bits per heavy atom. The van der Waals surface area contributed by atoms with Gasteiger partial charge in [-0.3, -0.25) is 4.79 Å². The fourth-order valence-electron chi connectivity index (χ4n) is 3.96. The average Bonchev–Trinajstić information content (AvgIpc) is 3.27. The zero-order valence-electron chi connectivity index (χ0n) is 19.3. The Morgan fingerprint density at radius 3 is 2.52 bits per heavy atom. The third-order valence-electron chi connectivity index (χ3n) is 5.62. The monoisotopic (exact) mass is 494 g/mol. The van der Waals surface area contributed by atoms with Gasteiger partial charge in [-0.15, -0.1) is 0 Å². The lowest BCUT2D eigenvalue weighted by molar-refractivity contribution is 0.0506. The maximum atomic E-state index is 13.4. The molecule has 1 atom stereocenters. The molecule has 0 bridgehead atoms. The maximum absolute atomic E-state index is 13.4. The zero-order valence-corrected chi connectivity index (χ0v) is 20.9. The van der Waals surface area contributed by atoms with E-state index in [9.17, 15) is 13.2 Å². The fraction of sp³-hybridized carbons (Fsp3) is 0.458. The highest BCUT2D eigenvalue weighted by Crippen LogP contribution is 2.30. The summed E-state index contributed by atoms with van der Waals surface area (Å²) in [6.07, 6.45) is 2.74. The number of hydrogen-bond donors (Lipinski definition) is 0. The van der Waals surface area contributed by atoms with Gasteiger partial charge in [-0.25, -0.2) is 0 Å². The van der Waals surface area contributed by atoms with Crippen molar-refractivity contribution in [1.29, 1.82) is 0 Å². The summed E-state index contributed by atoms with van der Waals surface area (Å²) in [6.45, 7) is 6.79. The largest absolute Gasteiger partial charge is 0.382 e. The minimum absolute atomic E-state index is 0.0781. The van der Waals surface area contributed by atoms with E-state index in [0.717, 1.165) is 37.9 Å². The lowest BCUT2D eigenvalue weighted by atomic mass is 10.1. The summed E-state index contributed by atoms with van der Waals surface area (Å²) in [7, 11) is -3.76. The van der Waals surface area contributed by atoms with E-state index in [4.69, 9.17) is 20.5 Å². The number of benzene rings is 2. The molecule has 9 heteroatoms. The van der Waals surface area contributed by atoms with Gasteiger partial charge in [0.2, 0.25) is 0 Å². The Labute approximate surface area is 201 Å². The first-order valence-corrected chi connectivity index (χ1v) is 13.3. The van der Waals surface area contributed by atoms with Gasteiger partial charge >= 0.3 is 10.1 Å². The summed E-state index contributed by atoms with van der Waals surface area (Å²) in [5.41, 5.74) is 1.84. The van der Waals surface area contributed by atoms with Gasteiger partial charge in [-0.1, -0.05) is 29.8 Å². The van der Waals surface area contributed by atoms with Gasteiger partial charge < -0.3 is 18.7 Å². The van der Waals surface area contributed by atoms with Crippen molar-refractivity contribution < 1.29 is 22.1 Å². The van der Waals surface area contributed by atoms with E-state index in [1.807, 2.05) is 26.0 Å². The highest BCUT2D eigenvalue weighted by atomic mass is 35.5. The molecule has 1 heterocycles. The third-order valence-corrected chi connectivity index (χ3v) is 6.43. The van der Waals surface area contributed by atoms with Crippen molar-refractivity contribution in [2.45, 2.75) is 39.3 Å². The number of anilines is 1. The van der Waals surface area contributed by atoms with E-state index in [0.29, 0.717) is 29.3 Å². The second kappa shape index (κ2) is 11.2. The molecule has 7 nitrogen and oxygen atoms in total. The van der Waals surface area contributed by atoms with Crippen LogP contribution in [0.4, 0.5) is 5.69 Å². The molecule has 0 saturated carbocycles. The van der Waals surface area contributed by atoms with Gasteiger partial charge in [-0.2, -0.15) is 8.42 Å². The smallest absolute Gasteiger partial charge is 0.306 e. The minimum atomic E-state index is -3.76. The third kappa shape index (κ3) is 6.85. The summed E-state index contributed by atoms with van der Waals surface area (Å²) < 4.78 is 35.1. The van der Waals surface area contributed by atoms with Crippen LogP contribution in [0.25, 0.3) is 0 Å². The number of amides is 1. The Morgan fingerprint density at radius 2 is 1.91 bits per heavy atom. The highest BCUT2D eigenvalue weighted by Gasteiger charge is 2.26. The number of halogens is 1. The Bertz CT molecular complexity index is 1070. The SMILES string of the molecule is CCN(CC)c1ccc(CN(CC2CCCO2)C(=O)c2ccccc2Cl)c(OS(C)(=O)=O)c1. The van der Waals surface area contributed by atoms with Crippen LogP contribution >= 0.6 is 11.6 Å². The summed E-state index contributed by atoms with van der Waals surface area (Å²) in [5.74, 6) is -0.0274. The second-order valence-corrected chi connectivity index (χ2v) is 10.0. The summed E-state index contributed by atoms with van der Waals surface area (Å²) in [5, 5.41) is 0.365. The molecule has 3 rings (SSSR count). The van der Waals surface area contributed by atoms with Crippen LogP contribution in [-0.4, -0.2) is 57.8 Å². The predicted octanol–water partition coefficient (Wildman–Crippen LogP) is 4.35. The molecule has 2 aromatic rings. The summed E-state index contributed by atoms with van der Waals surface area (Å²) in [6, 6.07) is 12.3. The van der Waals surface area contributed by atoms with Crippen LogP contribution in [0.1, 0.15) is 42.6 Å². The molecule has 1 amide bonds. The maximum Gasteiger partial charge on any atom is 0.306 e. The van der Waals surface area contributed by atoms with Gasteiger partial charge in [0.15, 0.2) is 0 Å². The molecule has 1 aliphatic rings. The quantitative estimate of drug-likeness (QED) is 0.457. The molecule has 180 valence electrons. The Hall–Kier alpha value is -2.29. The molecular weight excluding hydrogens is 464 g/mol. The van der Waals surface area contributed by atoms with Crippen LogP contribution < -0.4 is 9.08 Å². The fourth-order valence-corrected chi connectivity index (χ4v) is 4.66. The molecule has 1 fully saturated rings. The van der Waals surface area contributed by atoms with Crippen molar-refractivity contribution in [3.63, 3.8) is 0 Å². The molecular formula is C24H31ClN2O5S. The van der Waals surface area contributed by atoms with Crippen molar-refractivity contribution in [2.24, 2.45) is 0 Å². The molecule has 1 aliphatic heterocycles. The molecule has 1 saturated heterocycles. The van der Waals surface area contributed by atoms with Crippen LogP contribution in [-0.2, 0) is 21.4 Å². The van der Waals surface area contributed by atoms with Crippen molar-refractivity contribution in [3.8, 4) is 5.75 Å². The van der Waals surface area contributed by atoms with Crippen molar-refractivity contribution in [1.82, 2.24) is 4.90 Å². The first kappa shape index (κ1) is 25.3. The molecule has 0 radical (unpaired) electrons. The van der Waals surface area contributed by atoms with Crippen LogP contribution in [0, 0.1) is 0 Å². The van der Waals surface area contributed by atoms with Crippen molar-refractivity contribution in [3.05, 3.63) is 58.6 Å². The lowest BCUT2D eigenvalue weighted by Crippen LogP contribution is -2.37. The highest BCUT2D eigenvalue weighted by molar-refractivity contribution is 7.86. The molecule has 1 unspecified atom stereocenters. The average molecular weight is 495 g/mol.